The van der Waals surface area contributed by atoms with Crippen molar-refractivity contribution in [3.05, 3.63) is 24.5 Å². The van der Waals surface area contributed by atoms with E-state index in [1.165, 1.54) is 11.8 Å². The van der Waals surface area contributed by atoms with E-state index in [9.17, 15) is 0 Å². The van der Waals surface area contributed by atoms with Gasteiger partial charge in [-0.3, -0.25) is 0 Å². The first-order valence-electron chi connectivity index (χ1n) is 7.13. The molecule has 0 amide bonds. The molecule has 8 nitrogen and oxygen atoms in total. The Kier molecular flexibility index (Phi) is 7.59. The number of anilines is 1. The van der Waals surface area contributed by atoms with E-state index in [4.69, 9.17) is 21.7 Å². The zero-order valence-corrected chi connectivity index (χ0v) is 15.0. The Hall–Kier alpha value is -2.04. The van der Waals surface area contributed by atoms with Crippen molar-refractivity contribution in [2.75, 3.05) is 32.7 Å². The summed E-state index contributed by atoms with van der Waals surface area (Å²) in [5, 5.41) is 7.68. The molecule has 2 heterocycles. The number of nitrogens with zero attached hydrogens (tertiary/aromatic N) is 4. The highest BCUT2D eigenvalue weighted by atomic mass is 32.2. The number of ether oxygens (including phenoxy) is 2. The summed E-state index contributed by atoms with van der Waals surface area (Å²) < 4.78 is 10.2. The summed E-state index contributed by atoms with van der Waals surface area (Å²) in [6, 6.07) is 3.46. The van der Waals surface area contributed by atoms with Crippen LogP contribution >= 0.6 is 24.0 Å². The Morgan fingerprint density at radius 3 is 2.75 bits per heavy atom. The first kappa shape index (κ1) is 18.3. The summed E-state index contributed by atoms with van der Waals surface area (Å²) in [5.74, 6) is 0.769. The second-order valence-electron chi connectivity index (χ2n) is 4.43. The van der Waals surface area contributed by atoms with Gasteiger partial charge in [-0.2, -0.15) is 4.98 Å². The van der Waals surface area contributed by atoms with Crippen LogP contribution in [0.15, 0.2) is 34.7 Å². The fourth-order valence-electron chi connectivity index (χ4n) is 1.61. The van der Waals surface area contributed by atoms with Crippen LogP contribution in [0.3, 0.4) is 0 Å². The van der Waals surface area contributed by atoms with Crippen LogP contribution in [0.5, 0.6) is 5.88 Å². The van der Waals surface area contributed by atoms with Crippen LogP contribution < -0.4 is 15.4 Å². The standard InChI is InChI=1S/C14H18N6O2S2/c1-21-8-4-7-15-13(23)20-12-18-10(22-2)9-11(19-12)24-14-16-5-3-6-17-14/h3,5-6,9H,4,7-8H2,1-2H3,(H2,15,18,19,20,23). The highest BCUT2D eigenvalue weighted by molar-refractivity contribution is 7.99. The topological polar surface area (TPSA) is 94.1 Å². The average molecular weight is 366 g/mol. The molecule has 0 bridgehead atoms. The van der Waals surface area contributed by atoms with Crippen molar-refractivity contribution < 1.29 is 9.47 Å². The van der Waals surface area contributed by atoms with Crippen LogP contribution in [-0.2, 0) is 4.74 Å². The summed E-state index contributed by atoms with van der Waals surface area (Å²) in [4.78, 5) is 16.9. The predicted octanol–water partition coefficient (Wildman–Crippen LogP) is 1.75. The highest BCUT2D eigenvalue weighted by Crippen LogP contribution is 2.25. The van der Waals surface area contributed by atoms with E-state index in [-0.39, 0.29) is 0 Å². The summed E-state index contributed by atoms with van der Waals surface area (Å²) in [5.41, 5.74) is 0. The molecular weight excluding hydrogens is 348 g/mol. The third kappa shape index (κ3) is 6.22. The quantitative estimate of drug-likeness (QED) is 0.311. The smallest absolute Gasteiger partial charge is 0.233 e. The second kappa shape index (κ2) is 9.96. The molecule has 0 fully saturated rings. The molecule has 0 spiro atoms. The summed E-state index contributed by atoms with van der Waals surface area (Å²) in [6.45, 7) is 1.37. The lowest BCUT2D eigenvalue weighted by atomic mass is 10.4. The van der Waals surface area contributed by atoms with E-state index in [1.54, 1.807) is 38.7 Å². The monoisotopic (exact) mass is 366 g/mol. The molecule has 2 aromatic heterocycles. The molecular formula is C14H18N6O2S2. The number of hydrogen-bond donors (Lipinski definition) is 2. The molecule has 0 radical (unpaired) electrons. The van der Waals surface area contributed by atoms with Crippen molar-refractivity contribution in [3.63, 3.8) is 0 Å². The summed E-state index contributed by atoms with van der Waals surface area (Å²) in [6.07, 6.45) is 4.20. The van der Waals surface area contributed by atoms with Crippen molar-refractivity contribution in [3.8, 4) is 5.88 Å². The molecule has 2 rings (SSSR count). The molecule has 0 aliphatic rings. The minimum absolute atomic E-state index is 0.344. The maximum Gasteiger partial charge on any atom is 0.233 e. The van der Waals surface area contributed by atoms with Crippen LogP contribution in [0.1, 0.15) is 6.42 Å². The molecule has 0 atom stereocenters. The van der Waals surface area contributed by atoms with E-state index in [2.05, 4.69) is 30.6 Å². The highest BCUT2D eigenvalue weighted by Gasteiger charge is 2.09. The molecule has 10 heteroatoms. The Balaban J connectivity index is 2.01. The minimum atomic E-state index is 0.344. The van der Waals surface area contributed by atoms with E-state index in [0.29, 0.717) is 40.3 Å². The molecule has 0 aromatic carbocycles. The molecule has 0 aliphatic heterocycles. The number of aromatic nitrogens is 4. The number of hydrogen-bond acceptors (Lipinski definition) is 8. The van der Waals surface area contributed by atoms with Crippen molar-refractivity contribution in [2.24, 2.45) is 0 Å². The molecule has 0 unspecified atom stereocenters. The van der Waals surface area contributed by atoms with Gasteiger partial charge in [0.2, 0.25) is 11.8 Å². The van der Waals surface area contributed by atoms with Crippen molar-refractivity contribution in [1.29, 1.82) is 0 Å². The van der Waals surface area contributed by atoms with E-state index in [1.807, 2.05) is 0 Å². The fraction of sp³-hybridized carbons (Fsp3) is 0.357. The molecule has 0 saturated carbocycles. The Labute approximate surface area is 149 Å². The molecule has 2 N–H and O–H groups in total. The minimum Gasteiger partial charge on any atom is -0.481 e. The number of thiocarbonyl (C=S) groups is 1. The predicted molar refractivity (Wildman–Crippen MR) is 95.5 cm³/mol. The van der Waals surface area contributed by atoms with Gasteiger partial charge in [-0.25, -0.2) is 15.0 Å². The number of methoxy groups -OCH3 is 2. The van der Waals surface area contributed by atoms with Crippen molar-refractivity contribution >= 4 is 35.0 Å². The van der Waals surface area contributed by atoms with E-state index in [0.717, 1.165) is 6.42 Å². The maximum absolute atomic E-state index is 5.22. The molecule has 0 saturated heterocycles. The number of nitrogens with one attached hydrogen (secondary N) is 2. The average Bonchev–Trinajstić information content (AvgIpc) is 2.59. The fourth-order valence-corrected chi connectivity index (χ4v) is 2.51. The Bertz CT molecular complexity index is 659. The summed E-state index contributed by atoms with van der Waals surface area (Å²) >= 11 is 6.53. The van der Waals surface area contributed by atoms with Gasteiger partial charge in [0.05, 0.1) is 7.11 Å². The largest absolute Gasteiger partial charge is 0.481 e. The van der Waals surface area contributed by atoms with Crippen molar-refractivity contribution in [1.82, 2.24) is 25.3 Å². The zero-order chi connectivity index (χ0) is 17.2. The van der Waals surface area contributed by atoms with Gasteiger partial charge in [0.25, 0.3) is 0 Å². The summed E-state index contributed by atoms with van der Waals surface area (Å²) in [7, 11) is 3.21. The van der Waals surface area contributed by atoms with Gasteiger partial charge in [-0.05, 0) is 36.5 Å². The van der Waals surface area contributed by atoms with Gasteiger partial charge in [-0.15, -0.1) is 0 Å². The van der Waals surface area contributed by atoms with E-state index < -0.39 is 0 Å². The second-order valence-corrected chi connectivity index (χ2v) is 5.83. The van der Waals surface area contributed by atoms with Crippen LogP contribution in [0, 0.1) is 0 Å². The molecule has 0 aliphatic carbocycles. The van der Waals surface area contributed by atoms with Crippen LogP contribution in [-0.4, -0.2) is 52.4 Å². The maximum atomic E-state index is 5.22. The van der Waals surface area contributed by atoms with Gasteiger partial charge >= 0.3 is 0 Å². The Morgan fingerprint density at radius 1 is 1.25 bits per heavy atom. The number of rotatable bonds is 8. The van der Waals surface area contributed by atoms with E-state index >= 15 is 0 Å². The van der Waals surface area contributed by atoms with Crippen LogP contribution in [0.25, 0.3) is 0 Å². The van der Waals surface area contributed by atoms with Crippen LogP contribution in [0.2, 0.25) is 0 Å². The third-order valence-corrected chi connectivity index (χ3v) is 3.72. The lowest BCUT2D eigenvalue weighted by Crippen LogP contribution is -2.30. The van der Waals surface area contributed by atoms with Crippen LogP contribution in [0.4, 0.5) is 5.95 Å². The SMILES string of the molecule is COCCCNC(=S)Nc1nc(OC)cc(Sc2ncccn2)n1. The first-order valence-corrected chi connectivity index (χ1v) is 8.35. The van der Waals surface area contributed by atoms with Gasteiger partial charge in [0.1, 0.15) is 5.03 Å². The van der Waals surface area contributed by atoms with Gasteiger partial charge in [-0.1, -0.05) is 0 Å². The normalized spacial score (nSPS) is 10.2. The molecule has 2 aromatic rings. The van der Waals surface area contributed by atoms with Crippen molar-refractivity contribution in [2.45, 2.75) is 16.6 Å². The third-order valence-electron chi connectivity index (χ3n) is 2.66. The van der Waals surface area contributed by atoms with Gasteiger partial charge in [0, 0.05) is 38.7 Å². The molecule has 24 heavy (non-hydrogen) atoms. The first-order chi connectivity index (χ1) is 11.7. The lowest BCUT2D eigenvalue weighted by Gasteiger charge is -2.10. The van der Waals surface area contributed by atoms with Gasteiger partial charge < -0.3 is 20.1 Å². The van der Waals surface area contributed by atoms with Gasteiger partial charge in [0.15, 0.2) is 10.3 Å². The zero-order valence-electron chi connectivity index (χ0n) is 13.4. The lowest BCUT2D eigenvalue weighted by molar-refractivity contribution is 0.196. The Morgan fingerprint density at radius 2 is 2.04 bits per heavy atom. The molecule has 128 valence electrons.